The maximum absolute atomic E-state index is 12.0. The van der Waals surface area contributed by atoms with Gasteiger partial charge in [-0.2, -0.15) is 0 Å². The number of benzene rings is 1. The lowest BCUT2D eigenvalue weighted by molar-refractivity contribution is -0.123. The van der Waals surface area contributed by atoms with Crippen LogP contribution in [0.25, 0.3) is 0 Å². The van der Waals surface area contributed by atoms with Crippen molar-refractivity contribution in [3.63, 3.8) is 0 Å². The third-order valence-electron chi connectivity index (χ3n) is 3.01. The van der Waals surface area contributed by atoms with Gasteiger partial charge in [-0.1, -0.05) is 6.07 Å². The first-order chi connectivity index (χ1) is 9.60. The average molecular weight is 294 g/mol. The molecule has 2 amide bonds. The van der Waals surface area contributed by atoms with Crippen LogP contribution in [0.5, 0.6) is 5.75 Å². The van der Waals surface area contributed by atoms with Crippen LogP contribution in [-0.4, -0.2) is 36.5 Å². The van der Waals surface area contributed by atoms with E-state index in [-0.39, 0.29) is 23.5 Å². The molecule has 108 valence electrons. The number of amides is 2. The van der Waals surface area contributed by atoms with Crippen LogP contribution < -0.4 is 15.4 Å². The van der Waals surface area contributed by atoms with Crippen LogP contribution in [0.3, 0.4) is 0 Å². The summed E-state index contributed by atoms with van der Waals surface area (Å²) < 4.78 is 5.21. The van der Waals surface area contributed by atoms with E-state index in [1.165, 1.54) is 11.8 Å². The van der Waals surface area contributed by atoms with Gasteiger partial charge in [0, 0.05) is 18.7 Å². The van der Waals surface area contributed by atoms with Gasteiger partial charge in [0.2, 0.25) is 11.8 Å². The second kappa shape index (κ2) is 6.65. The largest absolute Gasteiger partial charge is 0.495 e. The van der Waals surface area contributed by atoms with E-state index in [4.69, 9.17) is 4.74 Å². The molecule has 0 saturated carbocycles. The monoisotopic (exact) mass is 294 g/mol. The number of methoxy groups -OCH3 is 1. The van der Waals surface area contributed by atoms with Gasteiger partial charge in [-0.05, 0) is 24.6 Å². The SMILES string of the molecule is COc1ccc(C)cc1NC(=O)CC1SCCNC1=O. The summed E-state index contributed by atoms with van der Waals surface area (Å²) in [6.45, 7) is 2.62. The first-order valence-electron chi connectivity index (χ1n) is 6.44. The van der Waals surface area contributed by atoms with Crippen molar-refractivity contribution in [1.82, 2.24) is 5.32 Å². The van der Waals surface area contributed by atoms with E-state index in [0.29, 0.717) is 18.0 Å². The molecule has 1 saturated heterocycles. The van der Waals surface area contributed by atoms with Crippen LogP contribution in [0.4, 0.5) is 5.69 Å². The predicted molar refractivity (Wildman–Crippen MR) is 80.2 cm³/mol. The molecule has 2 N–H and O–H groups in total. The Balaban J connectivity index is 2.00. The number of ether oxygens (including phenoxy) is 1. The average Bonchev–Trinajstić information content (AvgIpc) is 2.41. The molecule has 0 spiro atoms. The number of rotatable bonds is 4. The van der Waals surface area contributed by atoms with Crippen LogP contribution in [0, 0.1) is 6.92 Å². The van der Waals surface area contributed by atoms with Gasteiger partial charge in [0.1, 0.15) is 5.75 Å². The van der Waals surface area contributed by atoms with Crippen LogP contribution in [0.2, 0.25) is 0 Å². The molecule has 6 heteroatoms. The molecule has 20 heavy (non-hydrogen) atoms. The summed E-state index contributed by atoms with van der Waals surface area (Å²) in [5, 5.41) is 5.28. The molecule has 0 aromatic heterocycles. The quantitative estimate of drug-likeness (QED) is 0.884. The van der Waals surface area contributed by atoms with Crippen molar-refractivity contribution >= 4 is 29.3 Å². The number of nitrogens with one attached hydrogen (secondary N) is 2. The Bertz CT molecular complexity index is 519. The zero-order valence-electron chi connectivity index (χ0n) is 11.6. The Morgan fingerprint density at radius 2 is 2.35 bits per heavy atom. The lowest BCUT2D eigenvalue weighted by Gasteiger charge is -2.21. The third kappa shape index (κ3) is 3.66. The number of hydrogen-bond donors (Lipinski definition) is 2. The molecule has 0 aliphatic carbocycles. The minimum absolute atomic E-state index is 0.0624. The highest BCUT2D eigenvalue weighted by atomic mass is 32.2. The summed E-state index contributed by atoms with van der Waals surface area (Å²) in [7, 11) is 1.56. The van der Waals surface area contributed by atoms with E-state index < -0.39 is 0 Å². The van der Waals surface area contributed by atoms with Crippen LogP contribution in [0.1, 0.15) is 12.0 Å². The van der Waals surface area contributed by atoms with E-state index in [9.17, 15) is 9.59 Å². The Labute approximate surface area is 122 Å². The summed E-state index contributed by atoms with van der Waals surface area (Å²) in [5.41, 5.74) is 1.67. The summed E-state index contributed by atoms with van der Waals surface area (Å²) >= 11 is 1.52. The standard InChI is InChI=1S/C14H18N2O3S/c1-9-3-4-11(19-2)10(7-9)16-13(17)8-12-14(18)15-5-6-20-12/h3-4,7,12H,5-6,8H2,1-2H3,(H,15,18)(H,16,17). The zero-order chi connectivity index (χ0) is 14.5. The first-order valence-corrected chi connectivity index (χ1v) is 7.49. The normalized spacial score (nSPS) is 18.3. The molecule has 1 atom stereocenters. The smallest absolute Gasteiger partial charge is 0.233 e. The lowest BCUT2D eigenvalue weighted by Crippen LogP contribution is -2.40. The fraction of sp³-hybridized carbons (Fsp3) is 0.429. The fourth-order valence-electron chi connectivity index (χ4n) is 2.01. The second-order valence-corrected chi connectivity index (χ2v) is 5.92. The molecule has 2 rings (SSSR count). The Kier molecular flexibility index (Phi) is 4.89. The van der Waals surface area contributed by atoms with E-state index in [1.54, 1.807) is 7.11 Å². The summed E-state index contributed by atoms with van der Waals surface area (Å²) in [6, 6.07) is 5.58. The molecule has 0 radical (unpaired) electrons. The second-order valence-electron chi connectivity index (χ2n) is 4.61. The Morgan fingerprint density at radius 1 is 1.55 bits per heavy atom. The van der Waals surface area contributed by atoms with Gasteiger partial charge in [0.05, 0.1) is 18.0 Å². The molecule has 1 aliphatic heterocycles. The van der Waals surface area contributed by atoms with Crippen LogP contribution in [0.15, 0.2) is 18.2 Å². The Hall–Kier alpha value is -1.69. The fourth-order valence-corrected chi connectivity index (χ4v) is 3.01. The Morgan fingerprint density at radius 3 is 3.05 bits per heavy atom. The van der Waals surface area contributed by atoms with Crippen molar-refractivity contribution in [1.29, 1.82) is 0 Å². The first kappa shape index (κ1) is 14.7. The molecule has 1 aromatic rings. The van der Waals surface area contributed by atoms with E-state index in [1.807, 2.05) is 25.1 Å². The van der Waals surface area contributed by atoms with E-state index >= 15 is 0 Å². The van der Waals surface area contributed by atoms with Crippen molar-refractivity contribution in [3.05, 3.63) is 23.8 Å². The number of carbonyl (C=O) groups is 2. The molecular weight excluding hydrogens is 276 g/mol. The number of carbonyl (C=O) groups excluding carboxylic acids is 2. The lowest BCUT2D eigenvalue weighted by atomic mass is 10.2. The maximum atomic E-state index is 12.0. The number of thioether (sulfide) groups is 1. The summed E-state index contributed by atoms with van der Waals surface area (Å²) in [4.78, 5) is 23.7. The van der Waals surface area contributed by atoms with Crippen molar-refractivity contribution in [3.8, 4) is 5.75 Å². The minimum Gasteiger partial charge on any atom is -0.495 e. The molecule has 5 nitrogen and oxygen atoms in total. The predicted octanol–water partition coefficient (Wildman–Crippen LogP) is 1.56. The molecule has 1 aromatic carbocycles. The van der Waals surface area contributed by atoms with Crippen molar-refractivity contribution in [2.75, 3.05) is 24.7 Å². The third-order valence-corrected chi connectivity index (χ3v) is 4.24. The van der Waals surface area contributed by atoms with Gasteiger partial charge in [0.15, 0.2) is 0 Å². The molecule has 0 bridgehead atoms. The van der Waals surface area contributed by atoms with E-state index in [0.717, 1.165) is 11.3 Å². The van der Waals surface area contributed by atoms with Gasteiger partial charge in [-0.25, -0.2) is 0 Å². The highest BCUT2D eigenvalue weighted by Gasteiger charge is 2.25. The number of anilines is 1. The van der Waals surface area contributed by atoms with Gasteiger partial charge in [0.25, 0.3) is 0 Å². The summed E-state index contributed by atoms with van der Waals surface area (Å²) in [5.74, 6) is 1.22. The molecule has 1 fully saturated rings. The van der Waals surface area contributed by atoms with E-state index in [2.05, 4.69) is 10.6 Å². The maximum Gasteiger partial charge on any atom is 0.233 e. The molecule has 1 unspecified atom stereocenters. The van der Waals surface area contributed by atoms with Gasteiger partial charge in [-0.3, -0.25) is 9.59 Å². The molecule has 1 heterocycles. The van der Waals surface area contributed by atoms with Crippen LogP contribution in [-0.2, 0) is 9.59 Å². The topological polar surface area (TPSA) is 67.4 Å². The zero-order valence-corrected chi connectivity index (χ0v) is 12.4. The van der Waals surface area contributed by atoms with Crippen LogP contribution >= 0.6 is 11.8 Å². The number of hydrogen-bond acceptors (Lipinski definition) is 4. The highest BCUT2D eigenvalue weighted by molar-refractivity contribution is 8.00. The number of aryl methyl sites for hydroxylation is 1. The van der Waals surface area contributed by atoms with Crippen molar-refractivity contribution in [2.24, 2.45) is 0 Å². The van der Waals surface area contributed by atoms with Gasteiger partial charge >= 0.3 is 0 Å². The van der Waals surface area contributed by atoms with Gasteiger partial charge in [-0.15, -0.1) is 11.8 Å². The minimum atomic E-state index is -0.306. The van der Waals surface area contributed by atoms with Crippen molar-refractivity contribution in [2.45, 2.75) is 18.6 Å². The molecule has 1 aliphatic rings. The van der Waals surface area contributed by atoms with Crippen molar-refractivity contribution < 1.29 is 14.3 Å². The van der Waals surface area contributed by atoms with Gasteiger partial charge < -0.3 is 15.4 Å². The molecular formula is C14H18N2O3S. The highest BCUT2D eigenvalue weighted by Crippen LogP contribution is 2.26. The summed E-state index contributed by atoms with van der Waals surface area (Å²) in [6.07, 6.45) is 0.174.